The van der Waals surface area contributed by atoms with Crippen LogP contribution >= 0.6 is 22.7 Å². The minimum atomic E-state index is -0.395. The summed E-state index contributed by atoms with van der Waals surface area (Å²) in [5.74, 6) is -0.129. The van der Waals surface area contributed by atoms with Gasteiger partial charge in [-0.05, 0) is 37.3 Å². The van der Waals surface area contributed by atoms with E-state index in [4.69, 9.17) is 0 Å². The van der Waals surface area contributed by atoms with Gasteiger partial charge in [-0.25, -0.2) is 0 Å². The van der Waals surface area contributed by atoms with Crippen molar-refractivity contribution in [3.63, 3.8) is 0 Å². The van der Waals surface area contributed by atoms with Crippen LogP contribution in [0.15, 0.2) is 17.5 Å². The molecule has 0 aromatic carbocycles. The first-order valence-electron chi connectivity index (χ1n) is 6.61. The first-order chi connectivity index (χ1) is 9.99. The summed E-state index contributed by atoms with van der Waals surface area (Å²) in [7, 11) is 0. The number of Topliss-reactive ketones (excluding diaryl/α,β-unsaturated/α-hetero) is 1. The maximum atomic E-state index is 11.5. The Hall–Kier alpha value is -1.73. The zero-order valence-electron chi connectivity index (χ0n) is 11.7. The van der Waals surface area contributed by atoms with Crippen LogP contribution in [-0.4, -0.2) is 17.3 Å². The number of carbonyl (C=O) groups is 1. The van der Waals surface area contributed by atoms with E-state index in [2.05, 4.69) is 18.4 Å². The van der Waals surface area contributed by atoms with Crippen molar-refractivity contribution in [3.05, 3.63) is 42.9 Å². The molecule has 0 saturated carbocycles. The summed E-state index contributed by atoms with van der Waals surface area (Å²) in [5.41, 5.74) is 1.27. The summed E-state index contributed by atoms with van der Waals surface area (Å²) in [6, 6.07) is 3.58. The molecule has 0 saturated heterocycles. The largest absolute Gasteiger partial charge is 0.351 e. The molecule has 110 valence electrons. The highest BCUT2D eigenvalue weighted by Gasteiger charge is 2.32. The maximum absolute atomic E-state index is 11.5. The lowest BCUT2D eigenvalue weighted by atomic mass is 10.0. The number of rotatable bonds is 3. The zero-order valence-corrected chi connectivity index (χ0v) is 13.3. The number of hydrogen-bond acceptors (Lipinski definition) is 6. The van der Waals surface area contributed by atoms with Crippen molar-refractivity contribution in [1.82, 2.24) is 0 Å². The van der Waals surface area contributed by atoms with Gasteiger partial charge < -0.3 is 4.90 Å². The van der Waals surface area contributed by atoms with Crippen molar-refractivity contribution in [2.45, 2.75) is 26.3 Å². The van der Waals surface area contributed by atoms with E-state index in [0.717, 1.165) is 13.0 Å². The molecule has 1 unspecified atom stereocenters. The van der Waals surface area contributed by atoms with Crippen LogP contribution < -0.4 is 4.90 Å². The summed E-state index contributed by atoms with van der Waals surface area (Å²) >= 11 is 2.96. The Labute approximate surface area is 130 Å². The van der Waals surface area contributed by atoms with Crippen LogP contribution in [0.1, 0.15) is 40.0 Å². The fraction of sp³-hybridized carbons (Fsp3) is 0.357. The average molecular weight is 322 g/mol. The number of carbonyl (C=O) groups excluding carboxylic acids is 1. The molecule has 0 radical (unpaired) electrons. The van der Waals surface area contributed by atoms with Crippen LogP contribution in [0.2, 0.25) is 0 Å². The van der Waals surface area contributed by atoms with Gasteiger partial charge in [0.05, 0.1) is 15.8 Å². The van der Waals surface area contributed by atoms with E-state index in [1.165, 1.54) is 34.8 Å². The van der Waals surface area contributed by atoms with Crippen LogP contribution in [0, 0.1) is 10.1 Å². The van der Waals surface area contributed by atoms with E-state index in [9.17, 15) is 14.9 Å². The molecule has 0 amide bonds. The third-order valence-electron chi connectivity index (χ3n) is 3.78. The van der Waals surface area contributed by atoms with Gasteiger partial charge in [0.25, 0.3) is 0 Å². The van der Waals surface area contributed by atoms with Crippen molar-refractivity contribution in [2.24, 2.45) is 0 Å². The third-order valence-corrected chi connectivity index (χ3v) is 6.03. The molecule has 5 nitrogen and oxygen atoms in total. The van der Waals surface area contributed by atoms with Gasteiger partial charge in [-0.1, -0.05) is 0 Å². The standard InChI is InChI=1S/C14H14N2O3S2/c1-8-10-4-6-20-12(10)3-5-15(8)14-11(16(18)19)7-13(21-14)9(2)17/h4,6-8H,3,5H2,1-2H3. The molecule has 0 spiro atoms. The van der Waals surface area contributed by atoms with E-state index >= 15 is 0 Å². The molecule has 3 rings (SSSR count). The smallest absolute Gasteiger partial charge is 0.304 e. The fourth-order valence-electron chi connectivity index (χ4n) is 2.67. The van der Waals surface area contributed by atoms with Gasteiger partial charge in [0.2, 0.25) is 0 Å². The lowest BCUT2D eigenvalue weighted by molar-refractivity contribution is -0.383. The Kier molecular flexibility index (Phi) is 3.54. The van der Waals surface area contributed by atoms with Crippen molar-refractivity contribution in [1.29, 1.82) is 0 Å². The Balaban J connectivity index is 2.04. The minimum absolute atomic E-state index is 0.0377. The summed E-state index contributed by atoms with van der Waals surface area (Å²) in [5, 5.41) is 13.9. The second kappa shape index (κ2) is 5.23. The van der Waals surface area contributed by atoms with Crippen LogP contribution in [0.25, 0.3) is 0 Å². The highest BCUT2D eigenvalue weighted by Crippen LogP contribution is 2.44. The molecule has 1 aliphatic rings. The highest BCUT2D eigenvalue weighted by molar-refractivity contribution is 7.18. The molecule has 0 N–H and O–H groups in total. The topological polar surface area (TPSA) is 63.4 Å². The molecule has 0 fully saturated rings. The van der Waals surface area contributed by atoms with Gasteiger partial charge in [0.1, 0.15) is 0 Å². The number of nitrogens with zero attached hydrogens (tertiary/aromatic N) is 2. The molecule has 0 bridgehead atoms. The van der Waals surface area contributed by atoms with Crippen molar-refractivity contribution >= 4 is 39.1 Å². The van der Waals surface area contributed by atoms with E-state index in [-0.39, 0.29) is 17.5 Å². The maximum Gasteiger partial charge on any atom is 0.304 e. The van der Waals surface area contributed by atoms with Gasteiger partial charge in [-0.15, -0.1) is 22.7 Å². The van der Waals surface area contributed by atoms with Gasteiger partial charge in [0.15, 0.2) is 10.8 Å². The minimum Gasteiger partial charge on any atom is -0.351 e. The molecule has 7 heteroatoms. The SMILES string of the molecule is CC(=O)c1cc([N+](=O)[O-])c(N2CCc3sccc3C2C)s1. The quantitative estimate of drug-likeness (QED) is 0.486. The summed E-state index contributed by atoms with van der Waals surface area (Å²) in [4.78, 5) is 26.3. The van der Waals surface area contributed by atoms with Crippen molar-refractivity contribution in [3.8, 4) is 0 Å². The van der Waals surface area contributed by atoms with E-state index in [0.29, 0.717) is 9.88 Å². The molecule has 2 aromatic heterocycles. The normalized spacial score (nSPS) is 17.6. The van der Waals surface area contributed by atoms with Crippen LogP contribution in [0.3, 0.4) is 0 Å². The number of thiophene rings is 2. The Morgan fingerprint density at radius 1 is 1.52 bits per heavy atom. The van der Waals surface area contributed by atoms with Crippen LogP contribution in [0.5, 0.6) is 0 Å². The number of ketones is 1. The Morgan fingerprint density at radius 2 is 2.29 bits per heavy atom. The van der Waals surface area contributed by atoms with Crippen LogP contribution in [0.4, 0.5) is 10.7 Å². The van der Waals surface area contributed by atoms with E-state index in [1.807, 2.05) is 4.90 Å². The summed E-state index contributed by atoms with van der Waals surface area (Å²) in [6.45, 7) is 4.24. The van der Waals surface area contributed by atoms with Gasteiger partial charge in [0, 0.05) is 17.5 Å². The number of hydrogen-bond donors (Lipinski definition) is 0. The predicted octanol–water partition coefficient (Wildman–Crippen LogP) is 4.04. The first kappa shape index (κ1) is 14.2. The first-order valence-corrected chi connectivity index (χ1v) is 8.30. The fourth-order valence-corrected chi connectivity index (χ4v) is 4.76. The number of fused-ring (bicyclic) bond motifs is 1. The highest BCUT2D eigenvalue weighted by atomic mass is 32.1. The molecule has 2 aromatic rings. The van der Waals surface area contributed by atoms with Crippen molar-refractivity contribution < 1.29 is 9.72 Å². The van der Waals surface area contributed by atoms with Crippen LogP contribution in [-0.2, 0) is 6.42 Å². The monoisotopic (exact) mass is 322 g/mol. The lowest BCUT2D eigenvalue weighted by Crippen LogP contribution is -2.32. The summed E-state index contributed by atoms with van der Waals surface area (Å²) < 4.78 is 0. The zero-order chi connectivity index (χ0) is 15.1. The molecule has 3 heterocycles. The number of nitro groups is 1. The number of anilines is 1. The lowest BCUT2D eigenvalue weighted by Gasteiger charge is -2.33. The summed E-state index contributed by atoms with van der Waals surface area (Å²) in [6.07, 6.45) is 0.891. The van der Waals surface area contributed by atoms with Gasteiger partial charge in [-0.3, -0.25) is 14.9 Å². The third kappa shape index (κ3) is 2.36. The van der Waals surface area contributed by atoms with E-state index < -0.39 is 4.92 Å². The second-order valence-electron chi connectivity index (χ2n) is 5.03. The van der Waals surface area contributed by atoms with E-state index in [1.54, 1.807) is 11.3 Å². The molecule has 1 aliphatic heterocycles. The molecule has 21 heavy (non-hydrogen) atoms. The van der Waals surface area contributed by atoms with Gasteiger partial charge >= 0.3 is 5.69 Å². The van der Waals surface area contributed by atoms with Crippen molar-refractivity contribution in [2.75, 3.05) is 11.4 Å². The molecule has 0 aliphatic carbocycles. The van der Waals surface area contributed by atoms with Gasteiger partial charge in [-0.2, -0.15) is 0 Å². The molecular formula is C14H14N2O3S2. The molecular weight excluding hydrogens is 308 g/mol. The molecule has 1 atom stereocenters. The average Bonchev–Trinajstić information content (AvgIpc) is 3.05. The Bertz CT molecular complexity index is 720. The Morgan fingerprint density at radius 3 is 2.95 bits per heavy atom. The predicted molar refractivity (Wildman–Crippen MR) is 84.8 cm³/mol. The second-order valence-corrected chi connectivity index (χ2v) is 7.06.